The minimum absolute atomic E-state index is 0.144. The van der Waals surface area contributed by atoms with Crippen LogP contribution in [0.4, 0.5) is 5.69 Å². The molecule has 0 atom stereocenters. The summed E-state index contributed by atoms with van der Waals surface area (Å²) in [7, 11) is 0. The Morgan fingerprint density at radius 3 is 3.13 bits per heavy atom. The van der Waals surface area contributed by atoms with E-state index in [0.717, 1.165) is 15.1 Å². The van der Waals surface area contributed by atoms with Crippen molar-refractivity contribution in [2.45, 2.75) is 4.90 Å². The van der Waals surface area contributed by atoms with E-state index >= 15 is 0 Å². The first-order valence-electron chi connectivity index (χ1n) is 4.56. The average Bonchev–Trinajstić information content (AvgIpc) is 2.23. The standard InChI is InChI=1S/C11H10BrNOS/c1-2-5-13-9-6-8(12)3-4-10(9)15-7-11(13)14/h2-4,6H,1,5,7H2. The maximum atomic E-state index is 11.7. The SMILES string of the molecule is C=CCN1C(=O)CSc2ccc(Br)cc21. The molecule has 0 N–H and O–H groups in total. The molecule has 1 aliphatic heterocycles. The first-order valence-corrected chi connectivity index (χ1v) is 6.34. The molecular formula is C11H10BrNOS. The number of nitrogens with zero attached hydrogens (tertiary/aromatic N) is 1. The van der Waals surface area contributed by atoms with Gasteiger partial charge in [0.15, 0.2) is 0 Å². The number of benzene rings is 1. The third-order valence-corrected chi connectivity index (χ3v) is 3.72. The fourth-order valence-electron chi connectivity index (χ4n) is 1.50. The quantitative estimate of drug-likeness (QED) is 0.778. The van der Waals surface area contributed by atoms with E-state index in [4.69, 9.17) is 0 Å². The molecule has 0 saturated heterocycles. The van der Waals surface area contributed by atoms with Crippen molar-refractivity contribution in [3.63, 3.8) is 0 Å². The van der Waals surface area contributed by atoms with Gasteiger partial charge < -0.3 is 4.90 Å². The van der Waals surface area contributed by atoms with E-state index < -0.39 is 0 Å². The molecule has 15 heavy (non-hydrogen) atoms. The van der Waals surface area contributed by atoms with Crippen molar-refractivity contribution in [1.82, 2.24) is 0 Å². The highest BCUT2D eigenvalue weighted by molar-refractivity contribution is 9.10. The smallest absolute Gasteiger partial charge is 0.237 e. The van der Waals surface area contributed by atoms with Crippen LogP contribution in [-0.2, 0) is 4.79 Å². The molecule has 0 spiro atoms. The molecule has 1 amide bonds. The van der Waals surface area contributed by atoms with Gasteiger partial charge in [0.25, 0.3) is 0 Å². The summed E-state index contributed by atoms with van der Waals surface area (Å²) in [5, 5.41) is 0. The molecule has 1 aromatic carbocycles. The van der Waals surface area contributed by atoms with Crippen LogP contribution >= 0.6 is 27.7 Å². The third-order valence-electron chi connectivity index (χ3n) is 2.18. The molecule has 0 aromatic heterocycles. The molecule has 0 saturated carbocycles. The van der Waals surface area contributed by atoms with E-state index in [1.165, 1.54) is 0 Å². The van der Waals surface area contributed by atoms with Crippen molar-refractivity contribution < 1.29 is 4.79 Å². The van der Waals surface area contributed by atoms with Crippen molar-refractivity contribution >= 4 is 39.3 Å². The predicted octanol–water partition coefficient (Wildman–Crippen LogP) is 3.07. The molecule has 1 aromatic rings. The summed E-state index contributed by atoms with van der Waals surface area (Å²) in [5.41, 5.74) is 0.977. The first-order chi connectivity index (χ1) is 7.22. The number of halogens is 1. The first kappa shape index (κ1) is 10.8. The Bertz CT molecular complexity index is 419. The van der Waals surface area contributed by atoms with Gasteiger partial charge in [-0.3, -0.25) is 4.79 Å². The van der Waals surface area contributed by atoms with E-state index in [9.17, 15) is 4.79 Å². The number of fused-ring (bicyclic) bond motifs is 1. The average molecular weight is 284 g/mol. The zero-order valence-corrected chi connectivity index (χ0v) is 10.5. The van der Waals surface area contributed by atoms with Gasteiger partial charge in [0.2, 0.25) is 5.91 Å². The van der Waals surface area contributed by atoms with Crippen molar-refractivity contribution in [3.05, 3.63) is 35.3 Å². The molecule has 1 heterocycles. The summed E-state index contributed by atoms with van der Waals surface area (Å²) in [6, 6.07) is 6.00. The number of amides is 1. The lowest BCUT2D eigenvalue weighted by Gasteiger charge is -2.28. The molecule has 1 aliphatic rings. The zero-order valence-electron chi connectivity index (χ0n) is 8.07. The fraction of sp³-hybridized carbons (Fsp3) is 0.182. The number of rotatable bonds is 2. The van der Waals surface area contributed by atoms with Gasteiger partial charge in [0, 0.05) is 15.9 Å². The van der Waals surface area contributed by atoms with Crippen LogP contribution in [0.15, 0.2) is 40.2 Å². The Balaban J connectivity index is 2.45. The van der Waals surface area contributed by atoms with E-state index in [-0.39, 0.29) is 5.91 Å². The van der Waals surface area contributed by atoms with Gasteiger partial charge in [0.05, 0.1) is 11.4 Å². The van der Waals surface area contributed by atoms with E-state index in [1.54, 1.807) is 22.7 Å². The van der Waals surface area contributed by atoms with Crippen molar-refractivity contribution in [2.75, 3.05) is 17.2 Å². The minimum Gasteiger partial charge on any atom is -0.307 e. The second kappa shape index (κ2) is 4.41. The lowest BCUT2D eigenvalue weighted by atomic mass is 10.2. The summed E-state index contributed by atoms with van der Waals surface area (Å²) in [6.45, 7) is 4.24. The normalized spacial score (nSPS) is 15.0. The van der Waals surface area contributed by atoms with E-state index in [1.807, 2.05) is 18.2 Å². The largest absolute Gasteiger partial charge is 0.307 e. The second-order valence-electron chi connectivity index (χ2n) is 3.19. The maximum absolute atomic E-state index is 11.7. The van der Waals surface area contributed by atoms with E-state index in [0.29, 0.717) is 12.3 Å². The number of anilines is 1. The highest BCUT2D eigenvalue weighted by Gasteiger charge is 2.23. The van der Waals surface area contributed by atoms with Crippen molar-refractivity contribution in [2.24, 2.45) is 0 Å². The monoisotopic (exact) mass is 283 g/mol. The maximum Gasteiger partial charge on any atom is 0.237 e. The molecule has 2 rings (SSSR count). The van der Waals surface area contributed by atoms with Crippen molar-refractivity contribution in [1.29, 1.82) is 0 Å². The van der Waals surface area contributed by atoms with Gasteiger partial charge in [-0.2, -0.15) is 0 Å². The molecule has 0 fully saturated rings. The highest BCUT2D eigenvalue weighted by Crippen LogP contribution is 2.36. The van der Waals surface area contributed by atoms with Crippen LogP contribution < -0.4 is 4.90 Å². The van der Waals surface area contributed by atoms with Crippen LogP contribution in [0, 0.1) is 0 Å². The van der Waals surface area contributed by atoms with Gasteiger partial charge in [0.1, 0.15) is 0 Å². The summed E-state index contributed by atoms with van der Waals surface area (Å²) in [6.07, 6.45) is 1.75. The molecule has 0 aliphatic carbocycles. The Kier molecular flexibility index (Phi) is 3.17. The summed E-state index contributed by atoms with van der Waals surface area (Å²) < 4.78 is 0.991. The minimum atomic E-state index is 0.144. The number of carbonyl (C=O) groups is 1. The molecule has 0 unspecified atom stereocenters. The summed E-state index contributed by atoms with van der Waals surface area (Å²) in [4.78, 5) is 14.6. The summed E-state index contributed by atoms with van der Waals surface area (Å²) in [5.74, 6) is 0.660. The fourth-order valence-corrected chi connectivity index (χ4v) is 2.77. The molecule has 78 valence electrons. The lowest BCUT2D eigenvalue weighted by Crippen LogP contribution is -2.35. The third kappa shape index (κ3) is 2.11. The van der Waals surface area contributed by atoms with Crippen LogP contribution in [0.1, 0.15) is 0 Å². The lowest BCUT2D eigenvalue weighted by molar-refractivity contribution is -0.116. The number of hydrogen-bond donors (Lipinski definition) is 0. The van der Waals surface area contributed by atoms with Gasteiger partial charge in [-0.15, -0.1) is 18.3 Å². The number of thioether (sulfide) groups is 1. The Morgan fingerprint density at radius 2 is 2.40 bits per heavy atom. The second-order valence-corrected chi connectivity index (χ2v) is 5.13. The van der Waals surface area contributed by atoms with Crippen LogP contribution in [-0.4, -0.2) is 18.2 Å². The van der Waals surface area contributed by atoms with E-state index in [2.05, 4.69) is 22.5 Å². The van der Waals surface area contributed by atoms with Crippen LogP contribution in [0.2, 0.25) is 0 Å². The Labute approximate surface area is 101 Å². The zero-order chi connectivity index (χ0) is 10.8. The Morgan fingerprint density at radius 1 is 1.60 bits per heavy atom. The topological polar surface area (TPSA) is 20.3 Å². The van der Waals surface area contributed by atoms with Crippen LogP contribution in [0.3, 0.4) is 0 Å². The van der Waals surface area contributed by atoms with Crippen LogP contribution in [0.25, 0.3) is 0 Å². The van der Waals surface area contributed by atoms with Gasteiger partial charge >= 0.3 is 0 Å². The number of hydrogen-bond acceptors (Lipinski definition) is 2. The van der Waals surface area contributed by atoms with Gasteiger partial charge in [-0.05, 0) is 18.2 Å². The van der Waals surface area contributed by atoms with Gasteiger partial charge in [-0.1, -0.05) is 22.0 Å². The highest BCUT2D eigenvalue weighted by atomic mass is 79.9. The van der Waals surface area contributed by atoms with Crippen LogP contribution in [0.5, 0.6) is 0 Å². The molecule has 2 nitrogen and oxygen atoms in total. The Hall–Kier alpha value is -0.740. The molecule has 0 radical (unpaired) electrons. The summed E-state index contributed by atoms with van der Waals surface area (Å²) >= 11 is 5.00. The van der Waals surface area contributed by atoms with Gasteiger partial charge in [-0.25, -0.2) is 0 Å². The predicted molar refractivity (Wildman–Crippen MR) is 67.4 cm³/mol. The van der Waals surface area contributed by atoms with Crippen molar-refractivity contribution in [3.8, 4) is 0 Å². The molecule has 4 heteroatoms. The molecular weight excluding hydrogens is 274 g/mol. The number of carbonyl (C=O) groups excluding carboxylic acids is 1. The molecule has 0 bridgehead atoms.